The number of carbonyl (C=O) groups is 4. The number of pyridine rings is 1. The van der Waals surface area contributed by atoms with Crippen molar-refractivity contribution in [3.63, 3.8) is 0 Å². The normalized spacial score (nSPS) is 22.9. The lowest BCUT2D eigenvalue weighted by atomic mass is 10.0. The number of rotatable bonds is 7. The van der Waals surface area contributed by atoms with Crippen LogP contribution in [0, 0.1) is 0 Å². The van der Waals surface area contributed by atoms with Gasteiger partial charge < -0.3 is 40.0 Å². The molecule has 0 bridgehead atoms. The molecule has 2 aliphatic rings. The van der Waals surface area contributed by atoms with Gasteiger partial charge in [-0.2, -0.15) is 0 Å². The molecule has 15 heteroatoms. The van der Waals surface area contributed by atoms with Crippen molar-refractivity contribution in [2.45, 2.75) is 70.7 Å². The summed E-state index contributed by atoms with van der Waals surface area (Å²) < 4.78 is 11.8. The van der Waals surface area contributed by atoms with Gasteiger partial charge in [-0.15, -0.1) is 0 Å². The molecule has 250 valence electrons. The zero-order chi connectivity index (χ0) is 33.9. The minimum Gasteiger partial charge on any atom is -0.479 e. The van der Waals surface area contributed by atoms with E-state index in [1.54, 1.807) is 18.5 Å². The molecule has 2 amide bonds. The maximum absolute atomic E-state index is 13.6. The van der Waals surface area contributed by atoms with Gasteiger partial charge in [0.2, 0.25) is 11.8 Å². The zero-order valence-electron chi connectivity index (χ0n) is 26.3. The number of carboxylic acids is 1. The highest BCUT2D eigenvalue weighted by Crippen LogP contribution is 2.33. The number of hydrogen-bond acceptors (Lipinski definition) is 10. The summed E-state index contributed by atoms with van der Waals surface area (Å²) in [6.45, 7) is 10.7. The van der Waals surface area contributed by atoms with Crippen LogP contribution in [0.15, 0.2) is 30.6 Å². The van der Waals surface area contributed by atoms with Gasteiger partial charge in [0.05, 0.1) is 53.9 Å². The number of anilines is 1. The molecule has 5 rings (SSSR count). The van der Waals surface area contributed by atoms with E-state index < -0.39 is 35.6 Å². The quantitative estimate of drug-likeness (QED) is 0.248. The van der Waals surface area contributed by atoms with Crippen LogP contribution in [0.3, 0.4) is 0 Å². The van der Waals surface area contributed by atoms with E-state index in [0.717, 1.165) is 28.7 Å². The first-order valence-corrected chi connectivity index (χ1v) is 15.2. The second kappa shape index (κ2) is 14.4. The fourth-order valence-electron chi connectivity index (χ4n) is 5.61. The Kier molecular flexibility index (Phi) is 11.0. The number of nitrogens with one attached hydrogen (secondary N) is 2. The molecule has 3 aromatic rings. The summed E-state index contributed by atoms with van der Waals surface area (Å²) in [5.41, 5.74) is 1.72. The monoisotopic (exact) mass is 661 g/mol. The van der Waals surface area contributed by atoms with E-state index in [0.29, 0.717) is 30.3 Å². The lowest BCUT2D eigenvalue weighted by Crippen LogP contribution is -2.61. The van der Waals surface area contributed by atoms with E-state index in [1.807, 2.05) is 49.6 Å². The van der Waals surface area contributed by atoms with Crippen LogP contribution in [-0.2, 0) is 28.7 Å². The van der Waals surface area contributed by atoms with Crippen LogP contribution in [0.1, 0.15) is 34.6 Å². The van der Waals surface area contributed by atoms with Crippen molar-refractivity contribution in [2.75, 3.05) is 38.1 Å². The van der Waals surface area contributed by atoms with Gasteiger partial charge >= 0.3 is 5.97 Å². The van der Waals surface area contributed by atoms with Crippen LogP contribution >= 0.6 is 11.6 Å². The number of fused-ring (bicyclic) bond motifs is 3. The molecule has 14 nitrogen and oxygen atoms in total. The van der Waals surface area contributed by atoms with Crippen LogP contribution in [-0.4, -0.2) is 127 Å². The van der Waals surface area contributed by atoms with Gasteiger partial charge in [0, 0.05) is 41.6 Å². The van der Waals surface area contributed by atoms with Gasteiger partial charge in [-0.05, 0) is 52.8 Å². The van der Waals surface area contributed by atoms with Crippen LogP contribution in [0.4, 0.5) is 5.69 Å². The maximum atomic E-state index is 13.6. The van der Waals surface area contributed by atoms with Gasteiger partial charge in [0.25, 0.3) is 0 Å². The lowest BCUT2D eigenvalue weighted by Gasteiger charge is -2.43. The Labute approximate surface area is 270 Å². The Morgan fingerprint density at radius 2 is 1.80 bits per heavy atom. The predicted molar refractivity (Wildman–Crippen MR) is 170 cm³/mol. The number of H-pyrrole nitrogens is 1. The Morgan fingerprint density at radius 1 is 1.13 bits per heavy atom. The molecule has 0 unspecified atom stereocenters. The largest absolute Gasteiger partial charge is 0.479 e. The number of nitrogens with zero attached hydrogens (tertiary/aromatic N) is 3. The Hall–Kier alpha value is -3.66. The topological polar surface area (TPSA) is 195 Å². The summed E-state index contributed by atoms with van der Waals surface area (Å²) >= 11 is 6.42. The van der Waals surface area contributed by atoms with Crippen molar-refractivity contribution in [1.82, 2.24) is 19.8 Å². The Morgan fingerprint density at radius 3 is 2.41 bits per heavy atom. The van der Waals surface area contributed by atoms with Crippen LogP contribution in [0.25, 0.3) is 21.8 Å². The number of morpholine rings is 2. The van der Waals surface area contributed by atoms with E-state index in [9.17, 15) is 19.2 Å². The minimum atomic E-state index is -2.02. The summed E-state index contributed by atoms with van der Waals surface area (Å²) in [5.74, 6) is -2.64. The average molecular weight is 662 g/mol. The summed E-state index contributed by atoms with van der Waals surface area (Å²) in [6.07, 6.45) is -0.410. The molecular formula is C31H40ClN5O9. The second-order valence-electron chi connectivity index (χ2n) is 12.3. The van der Waals surface area contributed by atoms with Crippen molar-refractivity contribution in [1.29, 1.82) is 0 Å². The standard InChI is InChI=1S/C26H32ClN5O4.C5H8O5/c1-15-10-31(11-16(2)36-15)23(33)12-32-14-26(3,4)35-13-22(32)25(34)30-20-8-17(27)7-19-18-5-6-28-9-21(18)29-24(19)20;1-2(6)3(7)4(8)5(9)10/h5-9,15-16,22,29H,10-14H2,1-4H3,(H,30,34);3-4,7-8H,1H3,(H,9,10)/t15-,16+,22-;3-,4+/m00/s1. The summed E-state index contributed by atoms with van der Waals surface area (Å²) in [5, 5.41) is 30.5. The first kappa shape index (κ1) is 35.2. The molecule has 2 aliphatic heterocycles. The highest BCUT2D eigenvalue weighted by Gasteiger charge is 2.40. The van der Waals surface area contributed by atoms with Crippen LogP contribution < -0.4 is 5.32 Å². The number of benzene rings is 1. The SMILES string of the molecule is CC(=O)[C@H](O)[C@@H](O)C(=O)O.C[C@@H]1CN(C(=O)CN2CC(C)(C)OC[C@H]2C(=O)Nc2cc(Cl)cc3c2[nH]c2cnccc23)C[C@H](C)O1. The molecular weight excluding hydrogens is 622 g/mol. The highest BCUT2D eigenvalue weighted by molar-refractivity contribution is 6.33. The maximum Gasteiger partial charge on any atom is 0.335 e. The number of ether oxygens (including phenoxy) is 2. The molecule has 2 aromatic heterocycles. The lowest BCUT2D eigenvalue weighted by molar-refractivity contribution is -0.157. The number of Topliss-reactive ketones (excluding diaryl/α,β-unsaturated/α-hetero) is 1. The third-order valence-electron chi connectivity index (χ3n) is 7.77. The number of aliphatic hydroxyl groups is 2. The van der Waals surface area contributed by atoms with Gasteiger partial charge in [0.15, 0.2) is 11.9 Å². The van der Waals surface area contributed by atoms with E-state index in [-0.39, 0.29) is 37.2 Å². The van der Waals surface area contributed by atoms with Crippen molar-refractivity contribution in [3.8, 4) is 0 Å². The number of halogens is 1. The number of aliphatic carboxylic acids is 1. The predicted octanol–water partition coefficient (Wildman–Crippen LogP) is 1.81. The second-order valence-corrected chi connectivity index (χ2v) is 12.7. The number of ketones is 1. The van der Waals surface area contributed by atoms with E-state index in [2.05, 4.69) is 15.3 Å². The third-order valence-corrected chi connectivity index (χ3v) is 7.99. The van der Waals surface area contributed by atoms with Gasteiger partial charge in [-0.25, -0.2) is 4.79 Å². The number of aliphatic hydroxyl groups excluding tert-OH is 2. The van der Waals surface area contributed by atoms with Crippen molar-refractivity contribution in [3.05, 3.63) is 35.6 Å². The molecule has 4 heterocycles. The van der Waals surface area contributed by atoms with Crippen molar-refractivity contribution in [2.24, 2.45) is 0 Å². The molecule has 2 fully saturated rings. The number of amides is 2. The summed E-state index contributed by atoms with van der Waals surface area (Å²) in [6, 6.07) is 4.88. The average Bonchev–Trinajstić information content (AvgIpc) is 3.34. The fraction of sp³-hybridized carbons (Fsp3) is 0.516. The number of aromatic nitrogens is 2. The molecule has 1 aromatic carbocycles. The molecule has 0 radical (unpaired) electrons. The Bertz CT molecular complexity index is 1580. The Balaban J connectivity index is 0.000000416. The van der Waals surface area contributed by atoms with Gasteiger partial charge in [-0.1, -0.05) is 11.6 Å². The smallest absolute Gasteiger partial charge is 0.335 e. The molecule has 5 atom stereocenters. The minimum absolute atomic E-state index is 0.0132. The van der Waals surface area contributed by atoms with E-state index >= 15 is 0 Å². The fourth-order valence-corrected chi connectivity index (χ4v) is 5.83. The van der Waals surface area contributed by atoms with Crippen LogP contribution in [0.5, 0.6) is 0 Å². The molecule has 0 spiro atoms. The number of carboxylic acid groups (broad SMARTS) is 1. The van der Waals surface area contributed by atoms with E-state index in [4.69, 9.17) is 36.4 Å². The zero-order valence-corrected chi connectivity index (χ0v) is 27.1. The first-order valence-electron chi connectivity index (χ1n) is 14.8. The van der Waals surface area contributed by atoms with Crippen molar-refractivity contribution >= 4 is 62.7 Å². The number of aromatic amines is 1. The van der Waals surface area contributed by atoms with Gasteiger partial charge in [0.1, 0.15) is 12.1 Å². The van der Waals surface area contributed by atoms with Crippen LogP contribution in [0.2, 0.25) is 5.02 Å². The summed E-state index contributed by atoms with van der Waals surface area (Å²) in [4.78, 5) is 58.2. The van der Waals surface area contributed by atoms with Gasteiger partial charge in [-0.3, -0.25) is 24.3 Å². The highest BCUT2D eigenvalue weighted by atomic mass is 35.5. The molecule has 0 aliphatic carbocycles. The molecule has 0 saturated carbocycles. The molecule has 2 saturated heterocycles. The first-order chi connectivity index (χ1) is 21.6. The number of hydrogen-bond donors (Lipinski definition) is 5. The van der Waals surface area contributed by atoms with Crippen molar-refractivity contribution < 1.29 is 44.0 Å². The molecule has 5 N–H and O–H groups in total. The number of carbonyl (C=O) groups excluding carboxylic acids is 3. The molecule has 46 heavy (non-hydrogen) atoms. The summed E-state index contributed by atoms with van der Waals surface area (Å²) in [7, 11) is 0. The third kappa shape index (κ3) is 8.37. The van der Waals surface area contributed by atoms with E-state index in [1.165, 1.54) is 0 Å².